The summed E-state index contributed by atoms with van der Waals surface area (Å²) in [5.74, 6) is 1.73. The minimum atomic E-state index is 0.311. The minimum absolute atomic E-state index is 0.311. The fourth-order valence-corrected chi connectivity index (χ4v) is 1.88. The van der Waals surface area contributed by atoms with Crippen LogP contribution in [0.2, 0.25) is 5.02 Å². The third-order valence-electron chi connectivity index (χ3n) is 2.84. The molecular weight excluding hydrogens is 260 g/mol. The summed E-state index contributed by atoms with van der Waals surface area (Å²) in [6, 6.07) is 11.4. The third-order valence-corrected chi connectivity index (χ3v) is 3.18. The Balaban J connectivity index is 2.10. The first-order valence-corrected chi connectivity index (χ1v) is 6.57. The fourth-order valence-electron chi connectivity index (χ4n) is 1.72. The van der Waals surface area contributed by atoms with Crippen LogP contribution < -0.4 is 10.5 Å². The maximum atomic E-state index is 6.05. The molecule has 1 aromatic heterocycles. The molecule has 0 saturated carbocycles. The zero-order valence-electron chi connectivity index (χ0n) is 11.1. The van der Waals surface area contributed by atoms with Crippen molar-refractivity contribution < 1.29 is 4.74 Å². The van der Waals surface area contributed by atoms with E-state index in [0.717, 1.165) is 5.75 Å². The maximum Gasteiger partial charge on any atom is 0.132 e. The molecule has 2 rings (SSSR count). The monoisotopic (exact) mass is 276 g/mol. The van der Waals surface area contributed by atoms with Crippen LogP contribution in [0.4, 0.5) is 5.82 Å². The molecule has 0 fully saturated rings. The van der Waals surface area contributed by atoms with Crippen molar-refractivity contribution in [1.29, 1.82) is 0 Å². The molecule has 100 valence electrons. The topological polar surface area (TPSA) is 48.1 Å². The number of ether oxygens (including phenoxy) is 1. The molecule has 0 spiro atoms. The molecule has 0 aliphatic carbocycles. The van der Waals surface area contributed by atoms with Gasteiger partial charge in [0, 0.05) is 0 Å². The third kappa shape index (κ3) is 3.61. The molecule has 0 radical (unpaired) electrons. The van der Waals surface area contributed by atoms with E-state index in [-0.39, 0.29) is 0 Å². The molecule has 4 heteroatoms. The molecule has 2 N–H and O–H groups in total. The second-order valence-electron chi connectivity index (χ2n) is 4.68. The van der Waals surface area contributed by atoms with Gasteiger partial charge in [-0.15, -0.1) is 0 Å². The molecule has 0 amide bonds. The van der Waals surface area contributed by atoms with E-state index in [1.165, 1.54) is 5.56 Å². The number of pyridine rings is 1. The Labute approximate surface area is 118 Å². The number of hydrogen-bond donors (Lipinski definition) is 1. The number of rotatable bonds is 4. The fraction of sp³-hybridized carbons (Fsp3) is 0.267. The Kier molecular flexibility index (Phi) is 4.27. The Morgan fingerprint density at radius 1 is 1.26 bits per heavy atom. The van der Waals surface area contributed by atoms with Gasteiger partial charge < -0.3 is 10.5 Å². The second-order valence-corrected chi connectivity index (χ2v) is 5.09. The molecule has 0 bridgehead atoms. The van der Waals surface area contributed by atoms with Crippen LogP contribution in [0.3, 0.4) is 0 Å². The van der Waals surface area contributed by atoms with Gasteiger partial charge in [0.1, 0.15) is 18.2 Å². The van der Waals surface area contributed by atoms with E-state index in [1.807, 2.05) is 18.2 Å². The summed E-state index contributed by atoms with van der Waals surface area (Å²) >= 11 is 6.05. The van der Waals surface area contributed by atoms with Gasteiger partial charge in [0.05, 0.1) is 10.7 Å². The van der Waals surface area contributed by atoms with Gasteiger partial charge >= 0.3 is 0 Å². The van der Waals surface area contributed by atoms with Crippen LogP contribution in [0, 0.1) is 0 Å². The first-order chi connectivity index (χ1) is 9.06. The molecule has 0 aliphatic rings. The van der Waals surface area contributed by atoms with Crippen molar-refractivity contribution in [1.82, 2.24) is 4.98 Å². The van der Waals surface area contributed by atoms with Crippen LogP contribution in [0.5, 0.6) is 5.75 Å². The van der Waals surface area contributed by atoms with Crippen molar-refractivity contribution in [3.8, 4) is 5.75 Å². The Morgan fingerprint density at radius 3 is 2.79 bits per heavy atom. The number of benzene rings is 1. The average molecular weight is 277 g/mol. The Hall–Kier alpha value is -1.74. The highest BCUT2D eigenvalue weighted by atomic mass is 35.5. The van der Waals surface area contributed by atoms with Crippen LogP contribution in [0.15, 0.2) is 36.4 Å². The summed E-state index contributed by atoms with van der Waals surface area (Å²) in [5.41, 5.74) is 7.52. The predicted octanol–water partition coefficient (Wildman–Crippen LogP) is 4.02. The number of aromatic nitrogens is 1. The number of nitrogen functional groups attached to an aromatic ring is 1. The van der Waals surface area contributed by atoms with Crippen molar-refractivity contribution in [3.63, 3.8) is 0 Å². The van der Waals surface area contributed by atoms with Gasteiger partial charge in [-0.2, -0.15) is 0 Å². The molecule has 0 saturated heterocycles. The summed E-state index contributed by atoms with van der Waals surface area (Å²) in [6.45, 7) is 4.61. The molecule has 0 atom stereocenters. The summed E-state index contributed by atoms with van der Waals surface area (Å²) < 4.78 is 5.72. The highest BCUT2D eigenvalue weighted by molar-refractivity contribution is 6.31. The first kappa shape index (κ1) is 13.7. The number of anilines is 1. The van der Waals surface area contributed by atoms with E-state index >= 15 is 0 Å². The lowest BCUT2D eigenvalue weighted by molar-refractivity contribution is 0.301. The van der Waals surface area contributed by atoms with Crippen molar-refractivity contribution in [2.24, 2.45) is 0 Å². The number of hydrogen-bond acceptors (Lipinski definition) is 3. The van der Waals surface area contributed by atoms with Crippen LogP contribution in [-0.2, 0) is 6.61 Å². The van der Waals surface area contributed by atoms with Crippen molar-refractivity contribution in [2.45, 2.75) is 26.4 Å². The van der Waals surface area contributed by atoms with Crippen LogP contribution in [-0.4, -0.2) is 4.98 Å². The lowest BCUT2D eigenvalue weighted by Gasteiger charge is -2.10. The molecule has 1 heterocycles. The lowest BCUT2D eigenvalue weighted by atomic mass is 10.0. The quantitative estimate of drug-likeness (QED) is 0.917. The summed E-state index contributed by atoms with van der Waals surface area (Å²) in [5, 5.41) is 0.564. The zero-order valence-corrected chi connectivity index (χ0v) is 11.8. The smallest absolute Gasteiger partial charge is 0.132 e. The Morgan fingerprint density at radius 2 is 2.05 bits per heavy atom. The highest BCUT2D eigenvalue weighted by Crippen LogP contribution is 2.22. The normalized spacial score (nSPS) is 10.7. The van der Waals surface area contributed by atoms with Gasteiger partial charge in [-0.25, -0.2) is 4.98 Å². The first-order valence-electron chi connectivity index (χ1n) is 6.20. The number of halogens is 1. The zero-order chi connectivity index (χ0) is 13.8. The van der Waals surface area contributed by atoms with E-state index in [0.29, 0.717) is 29.1 Å². The van der Waals surface area contributed by atoms with Crippen LogP contribution >= 0.6 is 11.6 Å². The number of nitrogens with zero attached hydrogens (tertiary/aromatic N) is 1. The molecule has 2 aromatic rings. The van der Waals surface area contributed by atoms with Gasteiger partial charge in [0.25, 0.3) is 0 Å². The second kappa shape index (κ2) is 5.93. The molecule has 0 unspecified atom stereocenters. The van der Waals surface area contributed by atoms with Crippen LogP contribution in [0.1, 0.15) is 31.0 Å². The van der Waals surface area contributed by atoms with E-state index < -0.39 is 0 Å². The van der Waals surface area contributed by atoms with Gasteiger partial charge in [0.2, 0.25) is 0 Å². The van der Waals surface area contributed by atoms with Crippen molar-refractivity contribution in [3.05, 3.63) is 52.7 Å². The van der Waals surface area contributed by atoms with Crippen LogP contribution in [0.25, 0.3) is 0 Å². The predicted molar refractivity (Wildman–Crippen MR) is 78.5 cm³/mol. The van der Waals surface area contributed by atoms with E-state index in [2.05, 4.69) is 24.9 Å². The summed E-state index contributed by atoms with van der Waals surface area (Å²) in [6.07, 6.45) is 0. The lowest BCUT2D eigenvalue weighted by Crippen LogP contribution is -2.02. The maximum absolute atomic E-state index is 6.05. The van der Waals surface area contributed by atoms with Crippen molar-refractivity contribution >= 4 is 17.4 Å². The van der Waals surface area contributed by atoms with Gasteiger partial charge in [-0.05, 0) is 35.7 Å². The average Bonchev–Trinajstić information content (AvgIpc) is 2.40. The van der Waals surface area contributed by atoms with E-state index in [1.54, 1.807) is 12.1 Å². The number of nitrogens with two attached hydrogens (primary N) is 1. The van der Waals surface area contributed by atoms with E-state index in [4.69, 9.17) is 22.1 Å². The minimum Gasteiger partial charge on any atom is -0.487 e. The molecule has 0 aliphatic heterocycles. The standard InChI is InChI=1S/C15H17ClN2O/c1-10(2)11-4-3-5-12(8-11)19-9-14-13(16)6-7-15(17)18-14/h3-8,10H,9H2,1-2H3,(H2,17,18). The molecule has 19 heavy (non-hydrogen) atoms. The summed E-state index contributed by atoms with van der Waals surface area (Å²) in [4.78, 5) is 4.17. The molecule has 1 aromatic carbocycles. The van der Waals surface area contributed by atoms with E-state index in [9.17, 15) is 0 Å². The van der Waals surface area contributed by atoms with Gasteiger partial charge in [0.15, 0.2) is 0 Å². The molecule has 3 nitrogen and oxygen atoms in total. The SMILES string of the molecule is CC(C)c1cccc(OCc2nc(N)ccc2Cl)c1. The van der Waals surface area contributed by atoms with Crippen molar-refractivity contribution in [2.75, 3.05) is 5.73 Å². The van der Waals surface area contributed by atoms with Gasteiger partial charge in [-0.1, -0.05) is 37.6 Å². The molecular formula is C15H17ClN2O. The summed E-state index contributed by atoms with van der Waals surface area (Å²) in [7, 11) is 0. The Bertz CT molecular complexity index is 570. The van der Waals surface area contributed by atoms with Gasteiger partial charge in [-0.3, -0.25) is 0 Å². The largest absolute Gasteiger partial charge is 0.487 e. The highest BCUT2D eigenvalue weighted by Gasteiger charge is 2.05.